The van der Waals surface area contributed by atoms with Gasteiger partial charge in [-0.25, -0.2) is 0 Å². The van der Waals surface area contributed by atoms with Crippen molar-refractivity contribution in [1.29, 1.82) is 0 Å². The van der Waals surface area contributed by atoms with Crippen LogP contribution in [-0.2, 0) is 4.74 Å². The lowest BCUT2D eigenvalue weighted by Crippen LogP contribution is -2.25. The minimum Gasteiger partial charge on any atom is -0.497 e. The summed E-state index contributed by atoms with van der Waals surface area (Å²) in [4.78, 5) is 0. The van der Waals surface area contributed by atoms with Gasteiger partial charge in [0.05, 0.1) is 19.8 Å². The molecule has 1 fully saturated rings. The number of alkyl halides is 1. The van der Waals surface area contributed by atoms with Crippen molar-refractivity contribution >= 4 is 15.9 Å². The van der Waals surface area contributed by atoms with Crippen LogP contribution in [-0.4, -0.2) is 25.2 Å². The average Bonchev–Trinajstić information content (AvgIpc) is 2.39. The second-order valence-corrected chi connectivity index (χ2v) is 4.81. The van der Waals surface area contributed by atoms with Crippen LogP contribution < -0.4 is 4.74 Å². The average molecular weight is 285 g/mol. The molecule has 1 aliphatic heterocycles. The standard InChI is InChI=1S/C13H17BrO2/c1-15-12-4-2-3-10(7-12)11-5-6-13(8-14)16-9-11/h2-4,7,11,13H,5-6,8-9H2,1H3. The summed E-state index contributed by atoms with van der Waals surface area (Å²) in [5, 5.41) is 0.942. The molecule has 2 nitrogen and oxygen atoms in total. The molecule has 1 saturated heterocycles. The predicted octanol–water partition coefficient (Wildman–Crippen LogP) is 3.35. The van der Waals surface area contributed by atoms with E-state index in [1.807, 2.05) is 12.1 Å². The van der Waals surface area contributed by atoms with Crippen molar-refractivity contribution in [2.24, 2.45) is 0 Å². The molecule has 0 radical (unpaired) electrons. The lowest BCUT2D eigenvalue weighted by Gasteiger charge is -2.28. The molecule has 0 bridgehead atoms. The van der Waals surface area contributed by atoms with Gasteiger partial charge in [0.15, 0.2) is 0 Å². The number of methoxy groups -OCH3 is 1. The van der Waals surface area contributed by atoms with E-state index < -0.39 is 0 Å². The first-order chi connectivity index (χ1) is 7.83. The molecule has 0 aromatic heterocycles. The van der Waals surface area contributed by atoms with Crippen LogP contribution in [0.1, 0.15) is 24.3 Å². The Morgan fingerprint density at radius 3 is 2.94 bits per heavy atom. The highest BCUT2D eigenvalue weighted by Crippen LogP contribution is 2.30. The van der Waals surface area contributed by atoms with Crippen LogP contribution >= 0.6 is 15.9 Å². The van der Waals surface area contributed by atoms with E-state index in [1.165, 1.54) is 12.0 Å². The van der Waals surface area contributed by atoms with E-state index >= 15 is 0 Å². The van der Waals surface area contributed by atoms with E-state index in [-0.39, 0.29) is 0 Å². The van der Waals surface area contributed by atoms with E-state index in [0.717, 1.165) is 24.1 Å². The van der Waals surface area contributed by atoms with Gasteiger partial charge in [-0.1, -0.05) is 28.1 Å². The van der Waals surface area contributed by atoms with Crippen LogP contribution in [0.15, 0.2) is 24.3 Å². The van der Waals surface area contributed by atoms with Gasteiger partial charge in [0.1, 0.15) is 5.75 Å². The van der Waals surface area contributed by atoms with Gasteiger partial charge in [0.2, 0.25) is 0 Å². The van der Waals surface area contributed by atoms with Crippen LogP contribution in [0.5, 0.6) is 5.75 Å². The Morgan fingerprint density at radius 1 is 1.44 bits per heavy atom. The topological polar surface area (TPSA) is 18.5 Å². The molecule has 1 aliphatic rings. The van der Waals surface area contributed by atoms with Crippen molar-refractivity contribution < 1.29 is 9.47 Å². The Hall–Kier alpha value is -0.540. The zero-order valence-corrected chi connectivity index (χ0v) is 11.1. The van der Waals surface area contributed by atoms with Gasteiger partial charge in [-0.15, -0.1) is 0 Å². The fraction of sp³-hybridized carbons (Fsp3) is 0.538. The van der Waals surface area contributed by atoms with Crippen molar-refractivity contribution in [3.63, 3.8) is 0 Å². The van der Waals surface area contributed by atoms with Crippen molar-refractivity contribution in [3.8, 4) is 5.75 Å². The molecular formula is C13H17BrO2. The molecule has 0 saturated carbocycles. The second kappa shape index (κ2) is 5.69. The Bertz CT molecular complexity index is 332. The van der Waals surface area contributed by atoms with Gasteiger partial charge in [-0.05, 0) is 30.5 Å². The van der Waals surface area contributed by atoms with Crippen LogP contribution in [0.3, 0.4) is 0 Å². The highest BCUT2D eigenvalue weighted by Gasteiger charge is 2.22. The van der Waals surface area contributed by atoms with E-state index in [4.69, 9.17) is 9.47 Å². The third-order valence-electron chi connectivity index (χ3n) is 3.11. The largest absolute Gasteiger partial charge is 0.497 e. The van der Waals surface area contributed by atoms with E-state index in [1.54, 1.807) is 7.11 Å². The van der Waals surface area contributed by atoms with Crippen LogP contribution in [0.25, 0.3) is 0 Å². The van der Waals surface area contributed by atoms with Crippen molar-refractivity contribution in [2.75, 3.05) is 19.0 Å². The van der Waals surface area contributed by atoms with Crippen LogP contribution in [0.4, 0.5) is 0 Å². The number of benzene rings is 1. The summed E-state index contributed by atoms with van der Waals surface area (Å²) >= 11 is 3.46. The smallest absolute Gasteiger partial charge is 0.119 e. The fourth-order valence-electron chi connectivity index (χ4n) is 2.09. The van der Waals surface area contributed by atoms with Gasteiger partial charge < -0.3 is 9.47 Å². The summed E-state index contributed by atoms with van der Waals surface area (Å²) in [7, 11) is 1.71. The summed E-state index contributed by atoms with van der Waals surface area (Å²) in [5.74, 6) is 1.45. The summed E-state index contributed by atoms with van der Waals surface area (Å²) < 4.78 is 11.0. The highest BCUT2D eigenvalue weighted by molar-refractivity contribution is 9.09. The summed E-state index contributed by atoms with van der Waals surface area (Å²) in [6.45, 7) is 0.823. The van der Waals surface area contributed by atoms with Crippen molar-refractivity contribution in [3.05, 3.63) is 29.8 Å². The molecule has 2 atom stereocenters. The number of halogens is 1. The Labute approximate surface area is 105 Å². The summed E-state index contributed by atoms with van der Waals surface area (Å²) in [6, 6.07) is 8.30. The third-order valence-corrected chi connectivity index (χ3v) is 3.83. The lowest BCUT2D eigenvalue weighted by molar-refractivity contribution is 0.0190. The zero-order valence-electron chi connectivity index (χ0n) is 9.49. The molecule has 0 amide bonds. The molecule has 1 aromatic rings. The lowest BCUT2D eigenvalue weighted by atomic mass is 9.91. The van der Waals surface area contributed by atoms with Crippen molar-refractivity contribution in [2.45, 2.75) is 24.9 Å². The van der Waals surface area contributed by atoms with E-state index in [9.17, 15) is 0 Å². The van der Waals surface area contributed by atoms with Gasteiger partial charge in [-0.2, -0.15) is 0 Å². The first-order valence-corrected chi connectivity index (χ1v) is 6.77. The molecule has 1 heterocycles. The maximum absolute atomic E-state index is 5.78. The first kappa shape index (κ1) is 11.9. The molecule has 2 unspecified atom stereocenters. The zero-order chi connectivity index (χ0) is 11.4. The van der Waals surface area contributed by atoms with Crippen molar-refractivity contribution in [1.82, 2.24) is 0 Å². The number of hydrogen-bond acceptors (Lipinski definition) is 2. The molecule has 2 rings (SSSR count). The van der Waals surface area contributed by atoms with Gasteiger partial charge in [0, 0.05) is 11.2 Å². The minimum absolute atomic E-state index is 0.391. The molecular weight excluding hydrogens is 268 g/mol. The minimum atomic E-state index is 0.391. The normalized spacial score (nSPS) is 25.4. The molecule has 3 heteroatoms. The van der Waals surface area contributed by atoms with Gasteiger partial charge >= 0.3 is 0 Å². The van der Waals surface area contributed by atoms with Gasteiger partial charge in [0.25, 0.3) is 0 Å². The molecule has 0 spiro atoms. The Kier molecular flexibility index (Phi) is 4.24. The third kappa shape index (κ3) is 2.77. The van der Waals surface area contributed by atoms with Crippen LogP contribution in [0.2, 0.25) is 0 Å². The number of rotatable bonds is 3. The first-order valence-electron chi connectivity index (χ1n) is 5.65. The maximum atomic E-state index is 5.78. The molecule has 0 aliphatic carbocycles. The number of ether oxygens (including phenoxy) is 2. The predicted molar refractivity (Wildman–Crippen MR) is 68.5 cm³/mol. The Balaban J connectivity index is 2.02. The number of hydrogen-bond donors (Lipinski definition) is 0. The monoisotopic (exact) mass is 284 g/mol. The Morgan fingerprint density at radius 2 is 2.31 bits per heavy atom. The summed E-state index contributed by atoms with van der Waals surface area (Å²) in [5.41, 5.74) is 1.33. The van der Waals surface area contributed by atoms with Gasteiger partial charge in [-0.3, -0.25) is 0 Å². The molecule has 16 heavy (non-hydrogen) atoms. The molecule has 1 aromatic carbocycles. The maximum Gasteiger partial charge on any atom is 0.119 e. The SMILES string of the molecule is COc1cccc(C2CCC(CBr)OC2)c1. The van der Waals surface area contributed by atoms with E-state index in [0.29, 0.717) is 12.0 Å². The van der Waals surface area contributed by atoms with E-state index in [2.05, 4.69) is 28.1 Å². The summed E-state index contributed by atoms with van der Waals surface area (Å²) in [6.07, 6.45) is 2.72. The second-order valence-electron chi connectivity index (χ2n) is 4.16. The quantitative estimate of drug-likeness (QED) is 0.793. The fourth-order valence-corrected chi connectivity index (χ4v) is 2.60. The van der Waals surface area contributed by atoms with Crippen LogP contribution in [0, 0.1) is 0 Å². The highest BCUT2D eigenvalue weighted by atomic mass is 79.9. The molecule has 88 valence electrons. The molecule has 0 N–H and O–H groups in total.